The third-order valence-electron chi connectivity index (χ3n) is 5.62. The Morgan fingerprint density at radius 3 is 1.96 bits per heavy atom. The molecule has 4 bridgehead atoms. The van der Waals surface area contributed by atoms with E-state index in [1.165, 1.54) is 22.5 Å². The molecule has 0 radical (unpaired) electrons. The maximum Gasteiger partial charge on any atom is 0.134 e. The lowest BCUT2D eigenvalue weighted by molar-refractivity contribution is 0.451. The standard InChI is InChI=1S/C24H23NO2/c1-3-16-19-8-5-10-21(16)26-23-12-7-13-24-18(23)15-14-17-20(25(19)4-2)9-6-11-22(17)27-24/h5-13H,3-4,14-15H2,1-2H3. The van der Waals surface area contributed by atoms with Gasteiger partial charge in [-0.3, -0.25) is 0 Å². The fourth-order valence-electron chi connectivity index (χ4n) is 4.35. The molecule has 3 heteroatoms. The van der Waals surface area contributed by atoms with Crippen LogP contribution in [0.1, 0.15) is 30.5 Å². The van der Waals surface area contributed by atoms with E-state index in [9.17, 15) is 0 Å². The Hall–Kier alpha value is -2.94. The summed E-state index contributed by atoms with van der Waals surface area (Å²) in [6.45, 7) is 5.29. The largest absolute Gasteiger partial charge is 0.457 e. The highest BCUT2D eigenvalue weighted by Gasteiger charge is 2.25. The highest BCUT2D eigenvalue weighted by molar-refractivity contribution is 5.74. The molecule has 136 valence electrons. The average Bonchev–Trinajstić information content (AvgIpc) is 2.89. The molecule has 0 saturated heterocycles. The lowest BCUT2D eigenvalue weighted by atomic mass is 10.0. The molecule has 0 unspecified atom stereocenters. The summed E-state index contributed by atoms with van der Waals surface area (Å²) in [6, 6.07) is 18.9. The van der Waals surface area contributed by atoms with Crippen LogP contribution in [0, 0.1) is 0 Å². The Kier molecular flexibility index (Phi) is 3.82. The van der Waals surface area contributed by atoms with Crippen molar-refractivity contribution in [2.75, 3.05) is 11.4 Å². The van der Waals surface area contributed by atoms with Gasteiger partial charge in [0.05, 0.1) is 0 Å². The summed E-state index contributed by atoms with van der Waals surface area (Å²) in [7, 11) is 0. The molecular formula is C24H23NO2. The topological polar surface area (TPSA) is 21.7 Å². The summed E-state index contributed by atoms with van der Waals surface area (Å²) >= 11 is 0. The molecule has 0 atom stereocenters. The summed E-state index contributed by atoms with van der Waals surface area (Å²) < 4.78 is 12.8. The maximum atomic E-state index is 6.47. The Morgan fingerprint density at radius 1 is 0.704 bits per heavy atom. The molecule has 0 fully saturated rings. The second-order valence-electron chi connectivity index (χ2n) is 7.04. The first-order valence-electron chi connectivity index (χ1n) is 9.79. The van der Waals surface area contributed by atoms with Crippen LogP contribution in [0.5, 0.6) is 23.0 Å². The van der Waals surface area contributed by atoms with Crippen molar-refractivity contribution in [1.82, 2.24) is 0 Å². The van der Waals surface area contributed by atoms with Crippen molar-refractivity contribution in [1.29, 1.82) is 0 Å². The molecule has 5 rings (SSSR count). The van der Waals surface area contributed by atoms with Crippen LogP contribution in [0.25, 0.3) is 0 Å². The molecule has 3 aromatic carbocycles. The van der Waals surface area contributed by atoms with Gasteiger partial charge in [-0.1, -0.05) is 25.1 Å². The smallest absolute Gasteiger partial charge is 0.134 e. The molecule has 2 aliphatic rings. The lowest BCUT2D eigenvalue weighted by Crippen LogP contribution is -2.19. The van der Waals surface area contributed by atoms with Crippen molar-refractivity contribution in [2.24, 2.45) is 0 Å². The third-order valence-corrected chi connectivity index (χ3v) is 5.62. The number of hydrogen-bond donors (Lipinski definition) is 0. The minimum Gasteiger partial charge on any atom is -0.457 e. The molecule has 0 saturated carbocycles. The highest BCUT2D eigenvalue weighted by atomic mass is 16.5. The number of anilines is 2. The normalized spacial score (nSPS) is 14.1. The van der Waals surface area contributed by atoms with Crippen LogP contribution in [0.15, 0.2) is 54.6 Å². The average molecular weight is 357 g/mol. The lowest BCUT2D eigenvalue weighted by Gasteiger charge is -2.29. The minimum absolute atomic E-state index is 0.892. The summed E-state index contributed by atoms with van der Waals surface area (Å²) in [5.74, 6) is 3.70. The fourth-order valence-corrected chi connectivity index (χ4v) is 4.35. The van der Waals surface area contributed by atoms with Gasteiger partial charge < -0.3 is 14.4 Å². The van der Waals surface area contributed by atoms with E-state index in [-0.39, 0.29) is 0 Å². The van der Waals surface area contributed by atoms with E-state index in [2.05, 4.69) is 61.2 Å². The molecule has 0 N–H and O–H groups in total. The van der Waals surface area contributed by atoms with E-state index >= 15 is 0 Å². The van der Waals surface area contributed by atoms with Crippen LogP contribution in [0.3, 0.4) is 0 Å². The zero-order valence-corrected chi connectivity index (χ0v) is 15.8. The van der Waals surface area contributed by atoms with Crippen LogP contribution in [-0.4, -0.2) is 6.54 Å². The fraction of sp³-hybridized carbons (Fsp3) is 0.250. The van der Waals surface area contributed by atoms with Gasteiger partial charge in [-0.15, -0.1) is 0 Å². The molecule has 0 amide bonds. The molecule has 2 aliphatic heterocycles. The molecule has 27 heavy (non-hydrogen) atoms. The molecule has 3 aromatic rings. The summed E-state index contributed by atoms with van der Waals surface area (Å²) in [5, 5.41) is 0. The Morgan fingerprint density at radius 2 is 1.26 bits per heavy atom. The van der Waals surface area contributed by atoms with Gasteiger partial charge in [-0.25, -0.2) is 0 Å². The van der Waals surface area contributed by atoms with Crippen molar-refractivity contribution in [3.05, 3.63) is 71.3 Å². The highest BCUT2D eigenvalue weighted by Crippen LogP contribution is 2.46. The van der Waals surface area contributed by atoms with Crippen LogP contribution in [0.4, 0.5) is 11.4 Å². The van der Waals surface area contributed by atoms with Gasteiger partial charge in [-0.2, -0.15) is 0 Å². The quantitative estimate of drug-likeness (QED) is 0.529. The first-order valence-corrected chi connectivity index (χ1v) is 9.79. The number of hydrogen-bond acceptors (Lipinski definition) is 3. The van der Waals surface area contributed by atoms with Gasteiger partial charge in [-0.05, 0) is 62.6 Å². The van der Waals surface area contributed by atoms with Gasteiger partial charge >= 0.3 is 0 Å². The second kappa shape index (κ2) is 6.34. The van der Waals surface area contributed by atoms with E-state index in [1.807, 2.05) is 12.1 Å². The van der Waals surface area contributed by atoms with Crippen molar-refractivity contribution >= 4 is 11.4 Å². The van der Waals surface area contributed by atoms with Crippen molar-refractivity contribution in [2.45, 2.75) is 33.1 Å². The molecule has 0 aliphatic carbocycles. The van der Waals surface area contributed by atoms with E-state index < -0.39 is 0 Å². The molecule has 0 aromatic heterocycles. The van der Waals surface area contributed by atoms with Crippen molar-refractivity contribution in [3.63, 3.8) is 0 Å². The summed E-state index contributed by atoms with van der Waals surface area (Å²) in [4.78, 5) is 2.40. The van der Waals surface area contributed by atoms with E-state index in [0.717, 1.165) is 54.4 Å². The van der Waals surface area contributed by atoms with Gasteiger partial charge in [0.1, 0.15) is 23.0 Å². The zero-order chi connectivity index (χ0) is 18.4. The van der Waals surface area contributed by atoms with Crippen LogP contribution in [0.2, 0.25) is 0 Å². The number of ether oxygens (including phenoxy) is 2. The molecular weight excluding hydrogens is 334 g/mol. The zero-order valence-electron chi connectivity index (χ0n) is 15.8. The number of benzene rings is 3. The maximum absolute atomic E-state index is 6.47. The van der Waals surface area contributed by atoms with Gasteiger partial charge in [0, 0.05) is 34.6 Å². The van der Waals surface area contributed by atoms with Crippen molar-refractivity contribution in [3.8, 4) is 23.0 Å². The number of fused-ring (bicyclic) bond motifs is 3. The van der Waals surface area contributed by atoms with Gasteiger partial charge in [0.2, 0.25) is 0 Å². The van der Waals surface area contributed by atoms with Crippen LogP contribution < -0.4 is 14.4 Å². The second-order valence-corrected chi connectivity index (χ2v) is 7.04. The first kappa shape index (κ1) is 16.2. The number of nitrogens with zero attached hydrogens (tertiary/aromatic N) is 1. The van der Waals surface area contributed by atoms with Crippen LogP contribution >= 0.6 is 0 Å². The summed E-state index contributed by atoms with van der Waals surface area (Å²) in [5.41, 5.74) is 6.12. The van der Waals surface area contributed by atoms with Gasteiger partial charge in [0.15, 0.2) is 0 Å². The van der Waals surface area contributed by atoms with Crippen LogP contribution in [-0.2, 0) is 19.3 Å². The molecule has 3 nitrogen and oxygen atoms in total. The number of rotatable bonds is 2. The van der Waals surface area contributed by atoms with E-state index in [1.54, 1.807) is 0 Å². The third kappa shape index (κ3) is 2.49. The molecule has 2 heterocycles. The van der Waals surface area contributed by atoms with Crippen molar-refractivity contribution < 1.29 is 9.47 Å². The Bertz CT molecular complexity index is 1020. The minimum atomic E-state index is 0.892. The van der Waals surface area contributed by atoms with Gasteiger partial charge in [0.25, 0.3) is 0 Å². The molecule has 0 spiro atoms. The summed E-state index contributed by atoms with van der Waals surface area (Å²) in [6.07, 6.45) is 2.76. The predicted molar refractivity (Wildman–Crippen MR) is 109 cm³/mol. The van der Waals surface area contributed by atoms with E-state index in [0.29, 0.717) is 0 Å². The van der Waals surface area contributed by atoms with E-state index in [4.69, 9.17) is 9.47 Å². The monoisotopic (exact) mass is 357 g/mol. The first-order chi connectivity index (χ1) is 13.3. The predicted octanol–water partition coefficient (Wildman–Crippen LogP) is 6.40. The Labute approximate surface area is 160 Å². The Balaban J connectivity index is 1.87. The SMILES string of the molecule is CCc1c2cccc1N(CC)c1cccc3c1CCc1c(cccc1O3)O2.